The predicted molar refractivity (Wildman–Crippen MR) is 86.1 cm³/mol. The van der Waals surface area contributed by atoms with Crippen molar-refractivity contribution >= 4 is 0 Å². The van der Waals surface area contributed by atoms with E-state index in [0.29, 0.717) is 5.41 Å². The lowest BCUT2D eigenvalue weighted by atomic mass is 9.74. The lowest BCUT2D eigenvalue weighted by molar-refractivity contribution is 0.213. The molecule has 1 nitrogen and oxygen atoms in total. The van der Waals surface area contributed by atoms with Crippen LogP contribution in [0.15, 0.2) is 24.3 Å². The molecule has 2 aliphatic rings. The Bertz CT molecular complexity index is 439. The Morgan fingerprint density at radius 2 is 1.95 bits per heavy atom. The Morgan fingerprint density at radius 1 is 1.20 bits per heavy atom. The van der Waals surface area contributed by atoms with Crippen LogP contribution >= 0.6 is 0 Å². The standard InChI is InChI=1S/C19H29N/c1-3-19(9-4-5-10-19)14-20-18-12-17(13-18)16-8-6-7-15(2)11-16/h6-8,11,17-18,20H,3-5,9-10,12-14H2,1-2H3. The molecule has 1 heteroatoms. The minimum absolute atomic E-state index is 0.633. The molecule has 0 atom stereocenters. The van der Waals surface area contributed by atoms with E-state index in [1.807, 2.05) is 0 Å². The van der Waals surface area contributed by atoms with Gasteiger partial charge in [0.05, 0.1) is 0 Å². The van der Waals surface area contributed by atoms with Crippen molar-refractivity contribution in [2.24, 2.45) is 5.41 Å². The third-order valence-corrected chi connectivity index (χ3v) is 5.83. The van der Waals surface area contributed by atoms with E-state index in [9.17, 15) is 0 Å². The van der Waals surface area contributed by atoms with E-state index < -0.39 is 0 Å². The van der Waals surface area contributed by atoms with E-state index in [0.717, 1.165) is 12.0 Å². The summed E-state index contributed by atoms with van der Waals surface area (Å²) in [5.74, 6) is 0.800. The average molecular weight is 271 g/mol. The van der Waals surface area contributed by atoms with Gasteiger partial charge in [-0.05, 0) is 55.9 Å². The van der Waals surface area contributed by atoms with E-state index in [1.54, 1.807) is 5.56 Å². The summed E-state index contributed by atoms with van der Waals surface area (Å²) >= 11 is 0. The molecule has 3 rings (SSSR count). The zero-order valence-corrected chi connectivity index (χ0v) is 13.1. The normalized spacial score (nSPS) is 28.3. The topological polar surface area (TPSA) is 12.0 Å². The van der Waals surface area contributed by atoms with Gasteiger partial charge in [0.1, 0.15) is 0 Å². The van der Waals surface area contributed by atoms with Crippen molar-refractivity contribution in [3.05, 3.63) is 35.4 Å². The fraction of sp³-hybridized carbons (Fsp3) is 0.684. The van der Waals surface area contributed by atoms with Crippen LogP contribution in [0.2, 0.25) is 0 Å². The van der Waals surface area contributed by atoms with E-state index >= 15 is 0 Å². The van der Waals surface area contributed by atoms with Crippen LogP contribution in [0.25, 0.3) is 0 Å². The lowest BCUT2D eigenvalue weighted by Gasteiger charge is -2.39. The number of nitrogens with one attached hydrogen (secondary N) is 1. The van der Waals surface area contributed by atoms with Gasteiger partial charge >= 0.3 is 0 Å². The molecular weight excluding hydrogens is 242 g/mol. The lowest BCUT2D eigenvalue weighted by Crippen LogP contribution is -2.44. The first kappa shape index (κ1) is 14.1. The van der Waals surface area contributed by atoms with Crippen LogP contribution in [0.3, 0.4) is 0 Å². The molecule has 0 aromatic heterocycles. The van der Waals surface area contributed by atoms with Crippen molar-refractivity contribution in [3.8, 4) is 0 Å². The summed E-state index contributed by atoms with van der Waals surface area (Å²) in [7, 11) is 0. The fourth-order valence-corrected chi connectivity index (χ4v) is 4.12. The Labute approximate surface area is 124 Å². The molecule has 0 spiro atoms. The minimum atomic E-state index is 0.633. The molecule has 0 aliphatic heterocycles. The SMILES string of the molecule is CCC1(CNC2CC(c3cccc(C)c3)C2)CCCC1. The summed E-state index contributed by atoms with van der Waals surface area (Å²) in [6.45, 7) is 5.83. The summed E-state index contributed by atoms with van der Waals surface area (Å²) in [6, 6.07) is 9.84. The van der Waals surface area contributed by atoms with Gasteiger partial charge in [-0.2, -0.15) is 0 Å². The smallest absolute Gasteiger partial charge is 0.00789 e. The van der Waals surface area contributed by atoms with Crippen LogP contribution in [-0.2, 0) is 0 Å². The molecule has 1 N–H and O–H groups in total. The highest BCUT2D eigenvalue weighted by Crippen LogP contribution is 2.42. The third kappa shape index (κ3) is 2.93. The Balaban J connectivity index is 1.46. The van der Waals surface area contributed by atoms with Gasteiger partial charge in [0, 0.05) is 12.6 Å². The number of hydrogen-bond donors (Lipinski definition) is 1. The molecule has 0 heterocycles. The van der Waals surface area contributed by atoms with Gasteiger partial charge in [-0.1, -0.05) is 49.6 Å². The maximum absolute atomic E-state index is 3.87. The molecule has 0 saturated heterocycles. The van der Waals surface area contributed by atoms with E-state index in [2.05, 4.69) is 43.4 Å². The first-order chi connectivity index (χ1) is 9.71. The summed E-state index contributed by atoms with van der Waals surface area (Å²) < 4.78 is 0. The van der Waals surface area contributed by atoms with Gasteiger partial charge < -0.3 is 5.32 Å². The quantitative estimate of drug-likeness (QED) is 0.811. The van der Waals surface area contributed by atoms with Crippen LogP contribution in [-0.4, -0.2) is 12.6 Å². The molecule has 2 aliphatic carbocycles. The molecule has 0 unspecified atom stereocenters. The second kappa shape index (κ2) is 5.89. The summed E-state index contributed by atoms with van der Waals surface area (Å²) in [5.41, 5.74) is 3.58. The molecule has 1 aromatic carbocycles. The number of rotatable bonds is 5. The molecule has 2 saturated carbocycles. The maximum Gasteiger partial charge on any atom is 0.00789 e. The van der Waals surface area contributed by atoms with Crippen molar-refractivity contribution in [1.82, 2.24) is 5.32 Å². The molecule has 110 valence electrons. The average Bonchev–Trinajstić information content (AvgIpc) is 2.86. The maximum atomic E-state index is 3.87. The molecular formula is C19H29N. The van der Waals surface area contributed by atoms with Gasteiger partial charge in [-0.15, -0.1) is 0 Å². The highest BCUT2D eigenvalue weighted by atomic mass is 14.9. The van der Waals surface area contributed by atoms with Gasteiger partial charge in [-0.3, -0.25) is 0 Å². The summed E-state index contributed by atoms with van der Waals surface area (Å²) in [5, 5.41) is 3.87. The third-order valence-electron chi connectivity index (χ3n) is 5.83. The molecule has 0 amide bonds. The second-order valence-corrected chi connectivity index (χ2v) is 7.22. The highest BCUT2D eigenvalue weighted by molar-refractivity contribution is 5.27. The van der Waals surface area contributed by atoms with E-state index in [-0.39, 0.29) is 0 Å². The van der Waals surface area contributed by atoms with Crippen LogP contribution < -0.4 is 5.32 Å². The largest absolute Gasteiger partial charge is 0.313 e. The first-order valence-corrected chi connectivity index (χ1v) is 8.51. The Morgan fingerprint density at radius 3 is 2.60 bits per heavy atom. The molecule has 1 aromatic rings. The van der Waals surface area contributed by atoms with Crippen LogP contribution in [0.5, 0.6) is 0 Å². The number of benzene rings is 1. The zero-order valence-electron chi connectivity index (χ0n) is 13.1. The zero-order chi connectivity index (χ0) is 14.0. The number of aryl methyl sites for hydroxylation is 1. The van der Waals surface area contributed by atoms with Gasteiger partial charge in [0.15, 0.2) is 0 Å². The molecule has 20 heavy (non-hydrogen) atoms. The van der Waals surface area contributed by atoms with Crippen LogP contribution in [0, 0.1) is 12.3 Å². The first-order valence-electron chi connectivity index (χ1n) is 8.51. The van der Waals surface area contributed by atoms with Gasteiger partial charge in [-0.25, -0.2) is 0 Å². The van der Waals surface area contributed by atoms with Gasteiger partial charge in [0.2, 0.25) is 0 Å². The summed E-state index contributed by atoms with van der Waals surface area (Å²) in [4.78, 5) is 0. The van der Waals surface area contributed by atoms with Crippen molar-refractivity contribution in [3.63, 3.8) is 0 Å². The Kier molecular flexibility index (Phi) is 4.16. The fourth-order valence-electron chi connectivity index (χ4n) is 4.12. The Hall–Kier alpha value is -0.820. The van der Waals surface area contributed by atoms with Crippen molar-refractivity contribution in [2.75, 3.05) is 6.54 Å². The predicted octanol–water partition coefficient (Wildman–Crippen LogP) is 4.80. The van der Waals surface area contributed by atoms with Crippen molar-refractivity contribution in [2.45, 2.75) is 70.8 Å². The number of hydrogen-bond acceptors (Lipinski definition) is 1. The van der Waals surface area contributed by atoms with E-state index in [1.165, 1.54) is 57.1 Å². The summed E-state index contributed by atoms with van der Waals surface area (Å²) in [6.07, 6.45) is 9.83. The van der Waals surface area contributed by atoms with E-state index in [4.69, 9.17) is 0 Å². The molecule has 0 bridgehead atoms. The monoisotopic (exact) mass is 271 g/mol. The van der Waals surface area contributed by atoms with Crippen LogP contribution in [0.1, 0.15) is 68.9 Å². The van der Waals surface area contributed by atoms with Crippen molar-refractivity contribution in [1.29, 1.82) is 0 Å². The highest BCUT2D eigenvalue weighted by Gasteiger charge is 2.35. The molecule has 0 radical (unpaired) electrons. The molecule has 2 fully saturated rings. The van der Waals surface area contributed by atoms with Crippen LogP contribution in [0.4, 0.5) is 0 Å². The van der Waals surface area contributed by atoms with Gasteiger partial charge in [0.25, 0.3) is 0 Å². The second-order valence-electron chi connectivity index (χ2n) is 7.22. The minimum Gasteiger partial charge on any atom is -0.313 e. The van der Waals surface area contributed by atoms with Crippen molar-refractivity contribution < 1.29 is 0 Å².